The van der Waals surface area contributed by atoms with Crippen molar-refractivity contribution in [1.82, 2.24) is 4.90 Å². The van der Waals surface area contributed by atoms with E-state index in [0.717, 1.165) is 29.8 Å². The molecule has 0 saturated carbocycles. The maximum absolute atomic E-state index is 12.9. The molecule has 2 aromatic carbocycles. The monoisotopic (exact) mass is 511 g/mol. The molecule has 0 unspecified atom stereocenters. The minimum Gasteiger partial charge on any atom is -0.339 e. The van der Waals surface area contributed by atoms with Gasteiger partial charge in [-0.1, -0.05) is 35.3 Å². The predicted octanol–water partition coefficient (Wildman–Crippen LogP) is 4.80. The summed E-state index contributed by atoms with van der Waals surface area (Å²) in [7, 11) is -3.64. The van der Waals surface area contributed by atoms with E-state index in [9.17, 15) is 18.0 Å². The number of hydrogen-bond acceptors (Lipinski definition) is 4. The van der Waals surface area contributed by atoms with Crippen LogP contribution in [0.25, 0.3) is 0 Å². The predicted molar refractivity (Wildman–Crippen MR) is 133 cm³/mol. The zero-order valence-corrected chi connectivity index (χ0v) is 20.7. The summed E-state index contributed by atoms with van der Waals surface area (Å²) >= 11 is 12.2. The first-order valence-electron chi connectivity index (χ1n) is 10.8. The molecule has 0 aromatic heterocycles. The molecule has 0 bridgehead atoms. The molecule has 33 heavy (non-hydrogen) atoms. The summed E-state index contributed by atoms with van der Waals surface area (Å²) in [5.74, 6) is -0.399. The molecule has 0 spiro atoms. The summed E-state index contributed by atoms with van der Waals surface area (Å²) in [5.41, 5.74) is 1.18. The molecule has 7 nitrogen and oxygen atoms in total. The van der Waals surface area contributed by atoms with Crippen molar-refractivity contribution in [3.63, 3.8) is 0 Å². The molecule has 1 aliphatic rings. The van der Waals surface area contributed by atoms with Gasteiger partial charge >= 0.3 is 0 Å². The first kappa shape index (κ1) is 25.3. The van der Waals surface area contributed by atoms with Crippen LogP contribution in [0.15, 0.2) is 42.5 Å². The number of carbonyl (C=O) groups excluding carboxylic acids is 2. The number of rotatable bonds is 8. The van der Waals surface area contributed by atoms with E-state index in [2.05, 4.69) is 5.32 Å². The van der Waals surface area contributed by atoms with E-state index in [4.69, 9.17) is 23.2 Å². The number of benzene rings is 2. The van der Waals surface area contributed by atoms with Crippen molar-refractivity contribution in [2.75, 3.05) is 35.5 Å². The first-order valence-corrected chi connectivity index (χ1v) is 13.4. The molecule has 1 saturated heterocycles. The van der Waals surface area contributed by atoms with Crippen LogP contribution in [0.3, 0.4) is 0 Å². The molecule has 1 fully saturated rings. The fourth-order valence-electron chi connectivity index (χ4n) is 3.78. The van der Waals surface area contributed by atoms with Crippen molar-refractivity contribution in [3.05, 3.63) is 58.1 Å². The second-order valence-corrected chi connectivity index (χ2v) is 10.7. The average Bonchev–Trinajstić information content (AvgIpc) is 2.78. The highest BCUT2D eigenvalue weighted by Crippen LogP contribution is 2.31. The number of halogens is 2. The Morgan fingerprint density at radius 1 is 1.06 bits per heavy atom. The Labute approximate surface area is 204 Å². The number of anilines is 2. The van der Waals surface area contributed by atoms with E-state index in [1.807, 2.05) is 4.90 Å². The van der Waals surface area contributed by atoms with Gasteiger partial charge in [0.1, 0.15) is 0 Å². The largest absolute Gasteiger partial charge is 0.339 e. The third kappa shape index (κ3) is 6.85. The topological polar surface area (TPSA) is 86.8 Å². The van der Waals surface area contributed by atoms with Gasteiger partial charge in [-0.25, -0.2) is 8.42 Å². The number of likely N-dealkylation sites (tertiary alicyclic amines) is 1. The third-order valence-electron chi connectivity index (χ3n) is 5.42. The first-order chi connectivity index (χ1) is 15.7. The minimum absolute atomic E-state index is 0.0562. The van der Waals surface area contributed by atoms with Crippen molar-refractivity contribution < 1.29 is 18.0 Å². The standard InChI is InChI=1S/C23H27Cl2N3O4S/c1-33(31,32)28(21-16-17(24)11-12-19(21)25)15-7-10-22(29)26-20-9-4-3-8-18(20)23(30)27-13-5-2-6-14-27/h3-4,8-9,11-12,16H,2,5-7,10,13-15H2,1H3,(H,26,29). The van der Waals surface area contributed by atoms with Crippen LogP contribution in [0.4, 0.5) is 11.4 Å². The summed E-state index contributed by atoms with van der Waals surface area (Å²) < 4.78 is 25.8. The Balaban J connectivity index is 1.64. The van der Waals surface area contributed by atoms with Gasteiger partial charge in [-0.2, -0.15) is 0 Å². The number of amides is 2. The number of sulfonamides is 1. The SMILES string of the molecule is CS(=O)(=O)N(CCCC(=O)Nc1ccccc1C(=O)N1CCCCC1)c1cc(Cl)ccc1Cl. The fourth-order valence-corrected chi connectivity index (χ4v) is 5.19. The van der Waals surface area contributed by atoms with Gasteiger partial charge in [0.25, 0.3) is 5.91 Å². The molecular formula is C23H27Cl2N3O4S. The number of nitrogens with one attached hydrogen (secondary N) is 1. The zero-order chi connectivity index (χ0) is 24.0. The molecular weight excluding hydrogens is 485 g/mol. The van der Waals surface area contributed by atoms with Gasteiger partial charge in [0.2, 0.25) is 15.9 Å². The Kier molecular flexibility index (Phi) is 8.62. The van der Waals surface area contributed by atoms with Crippen molar-refractivity contribution in [3.8, 4) is 0 Å². The smallest absolute Gasteiger partial charge is 0.255 e. The number of nitrogens with zero attached hydrogens (tertiary/aromatic N) is 2. The zero-order valence-electron chi connectivity index (χ0n) is 18.4. The second-order valence-electron chi connectivity index (χ2n) is 7.98. The van der Waals surface area contributed by atoms with E-state index in [1.54, 1.807) is 30.3 Å². The van der Waals surface area contributed by atoms with Crippen molar-refractivity contribution >= 4 is 56.4 Å². The van der Waals surface area contributed by atoms with Crippen LogP contribution >= 0.6 is 23.2 Å². The molecule has 1 aliphatic heterocycles. The molecule has 1 N–H and O–H groups in total. The number of piperidine rings is 1. The maximum Gasteiger partial charge on any atom is 0.255 e. The van der Waals surface area contributed by atoms with Crippen LogP contribution in [0.5, 0.6) is 0 Å². The quantitative estimate of drug-likeness (QED) is 0.551. The number of para-hydroxylation sites is 1. The molecule has 0 aliphatic carbocycles. The Bertz CT molecular complexity index is 1120. The van der Waals surface area contributed by atoms with Gasteiger partial charge in [-0.05, 0) is 56.0 Å². The minimum atomic E-state index is -3.64. The van der Waals surface area contributed by atoms with Crippen LogP contribution in [0.1, 0.15) is 42.5 Å². The lowest BCUT2D eigenvalue weighted by Gasteiger charge is -2.27. The number of hydrogen-bond donors (Lipinski definition) is 1. The van der Waals surface area contributed by atoms with E-state index >= 15 is 0 Å². The lowest BCUT2D eigenvalue weighted by molar-refractivity contribution is -0.116. The van der Waals surface area contributed by atoms with Gasteiger partial charge in [0, 0.05) is 31.1 Å². The van der Waals surface area contributed by atoms with Gasteiger partial charge in [-0.15, -0.1) is 0 Å². The summed E-state index contributed by atoms with van der Waals surface area (Å²) in [6, 6.07) is 11.5. The number of carbonyl (C=O) groups is 2. The van der Waals surface area contributed by atoms with Gasteiger partial charge in [0.05, 0.1) is 28.2 Å². The lowest BCUT2D eigenvalue weighted by Crippen LogP contribution is -2.36. The highest BCUT2D eigenvalue weighted by atomic mass is 35.5. The molecule has 10 heteroatoms. The van der Waals surface area contributed by atoms with E-state index < -0.39 is 10.0 Å². The summed E-state index contributed by atoms with van der Waals surface area (Å²) in [5, 5.41) is 3.41. The highest BCUT2D eigenvalue weighted by molar-refractivity contribution is 7.92. The van der Waals surface area contributed by atoms with Crippen LogP contribution in [-0.4, -0.2) is 51.0 Å². The van der Waals surface area contributed by atoms with Crippen molar-refractivity contribution in [2.45, 2.75) is 32.1 Å². The molecule has 2 aromatic rings. The van der Waals surface area contributed by atoms with Crippen LogP contribution < -0.4 is 9.62 Å². The Morgan fingerprint density at radius 3 is 2.45 bits per heavy atom. The molecule has 0 atom stereocenters. The van der Waals surface area contributed by atoms with E-state index in [1.165, 1.54) is 12.1 Å². The van der Waals surface area contributed by atoms with E-state index in [-0.39, 0.29) is 41.9 Å². The molecule has 1 heterocycles. The van der Waals surface area contributed by atoms with Crippen LogP contribution in [0, 0.1) is 0 Å². The van der Waals surface area contributed by atoms with Crippen LogP contribution in [-0.2, 0) is 14.8 Å². The summed E-state index contributed by atoms with van der Waals surface area (Å²) in [6.07, 6.45) is 4.47. The molecule has 2 amide bonds. The van der Waals surface area contributed by atoms with E-state index in [0.29, 0.717) is 29.4 Å². The second kappa shape index (κ2) is 11.2. The molecule has 3 rings (SSSR count). The van der Waals surface area contributed by atoms with Crippen molar-refractivity contribution in [2.24, 2.45) is 0 Å². The Hall–Kier alpha value is -2.29. The third-order valence-corrected chi connectivity index (χ3v) is 7.15. The van der Waals surface area contributed by atoms with Gasteiger partial charge < -0.3 is 10.2 Å². The maximum atomic E-state index is 12.9. The van der Waals surface area contributed by atoms with Gasteiger partial charge in [0.15, 0.2) is 0 Å². The lowest BCUT2D eigenvalue weighted by atomic mass is 10.1. The Morgan fingerprint density at radius 2 is 1.76 bits per heavy atom. The van der Waals surface area contributed by atoms with Gasteiger partial charge in [-0.3, -0.25) is 13.9 Å². The summed E-state index contributed by atoms with van der Waals surface area (Å²) in [4.78, 5) is 27.3. The fraction of sp³-hybridized carbons (Fsp3) is 0.391. The normalized spacial score (nSPS) is 14.1. The summed E-state index contributed by atoms with van der Waals surface area (Å²) in [6.45, 7) is 1.49. The van der Waals surface area contributed by atoms with Crippen molar-refractivity contribution in [1.29, 1.82) is 0 Å². The van der Waals surface area contributed by atoms with Crippen LogP contribution in [0.2, 0.25) is 10.0 Å². The molecule has 0 radical (unpaired) electrons. The molecule has 178 valence electrons. The highest BCUT2D eigenvalue weighted by Gasteiger charge is 2.23. The average molecular weight is 512 g/mol.